The van der Waals surface area contributed by atoms with Crippen LogP contribution in [-0.2, 0) is 20.7 Å². The van der Waals surface area contributed by atoms with Crippen molar-refractivity contribution in [3.8, 4) is 5.75 Å². The molecule has 1 rings (SSSR count). The van der Waals surface area contributed by atoms with Crippen LogP contribution in [0.2, 0.25) is 0 Å². The largest absolute Gasteiger partial charge is 0.465 e. The van der Waals surface area contributed by atoms with Crippen molar-refractivity contribution in [1.82, 2.24) is 0 Å². The lowest BCUT2D eigenvalue weighted by Gasteiger charge is -2.15. The molecule has 0 fully saturated rings. The van der Waals surface area contributed by atoms with Gasteiger partial charge in [0.1, 0.15) is 5.75 Å². The van der Waals surface area contributed by atoms with Crippen LogP contribution in [0.5, 0.6) is 5.75 Å². The first-order valence-corrected chi connectivity index (χ1v) is 16.7. The van der Waals surface area contributed by atoms with E-state index in [1.807, 2.05) is 12.1 Å². The van der Waals surface area contributed by atoms with Crippen LogP contribution in [-0.4, -0.2) is 18.5 Å². The van der Waals surface area contributed by atoms with E-state index in [2.05, 4.69) is 32.9 Å². The van der Waals surface area contributed by atoms with E-state index >= 15 is 0 Å². The summed E-state index contributed by atoms with van der Waals surface area (Å²) in [5.74, 6) is 0.806. The molecule has 1 unspecified atom stereocenters. The number of rotatable bonds is 26. The Hall–Kier alpha value is -2.10. The van der Waals surface area contributed by atoms with Crippen molar-refractivity contribution in [2.24, 2.45) is 5.92 Å². The molecule has 1 aromatic carbocycles. The van der Waals surface area contributed by atoms with E-state index < -0.39 is 0 Å². The molecule has 0 saturated carbocycles. The van der Waals surface area contributed by atoms with Gasteiger partial charge in [0.2, 0.25) is 0 Å². The van der Waals surface area contributed by atoms with Crippen LogP contribution in [0.25, 0.3) is 0 Å². The summed E-state index contributed by atoms with van der Waals surface area (Å²) in [6.07, 6.45) is 28.5. The number of hydrogen-bond donors (Lipinski definition) is 0. The Balaban J connectivity index is 2.08. The average Bonchev–Trinajstić information content (AvgIpc) is 2.95. The Morgan fingerprint density at radius 3 is 1.88 bits per heavy atom. The second-order valence-corrected chi connectivity index (χ2v) is 11.4. The van der Waals surface area contributed by atoms with Crippen molar-refractivity contribution < 1.29 is 19.1 Å². The van der Waals surface area contributed by atoms with Gasteiger partial charge in [0.25, 0.3) is 0 Å². The highest BCUT2D eigenvalue weighted by Gasteiger charge is 2.11. The van der Waals surface area contributed by atoms with Crippen molar-refractivity contribution in [1.29, 1.82) is 0 Å². The Bertz CT molecular complexity index is 768. The van der Waals surface area contributed by atoms with Crippen molar-refractivity contribution in [3.05, 3.63) is 42.0 Å². The van der Waals surface area contributed by atoms with E-state index in [-0.39, 0.29) is 18.4 Å². The van der Waals surface area contributed by atoms with E-state index in [9.17, 15) is 9.59 Å². The van der Waals surface area contributed by atoms with Gasteiger partial charge in [-0.1, -0.05) is 129 Å². The van der Waals surface area contributed by atoms with Gasteiger partial charge in [0.15, 0.2) is 0 Å². The zero-order chi connectivity index (χ0) is 29.1. The molecule has 0 N–H and O–H groups in total. The second-order valence-electron chi connectivity index (χ2n) is 11.4. The number of allylic oxidation sites excluding steroid dienone is 2. The molecule has 4 nitrogen and oxygen atoms in total. The number of ether oxygens (including phenoxy) is 2. The van der Waals surface area contributed by atoms with Gasteiger partial charge < -0.3 is 9.47 Å². The highest BCUT2D eigenvalue weighted by atomic mass is 16.5. The molecule has 0 aromatic heterocycles. The quantitative estimate of drug-likeness (QED) is 0.0493. The summed E-state index contributed by atoms with van der Waals surface area (Å²) in [4.78, 5) is 24.4. The molecule has 0 aliphatic heterocycles. The molecule has 0 amide bonds. The Labute approximate surface area is 246 Å². The normalized spacial score (nSPS) is 12.1. The highest BCUT2D eigenvalue weighted by molar-refractivity contribution is 5.73. The van der Waals surface area contributed by atoms with Crippen LogP contribution in [0.15, 0.2) is 36.4 Å². The smallest absolute Gasteiger partial charge is 0.311 e. The summed E-state index contributed by atoms with van der Waals surface area (Å²) in [5.41, 5.74) is 0.873. The Morgan fingerprint density at radius 1 is 0.650 bits per heavy atom. The first-order valence-electron chi connectivity index (χ1n) is 16.7. The van der Waals surface area contributed by atoms with Gasteiger partial charge in [-0.3, -0.25) is 9.59 Å². The molecule has 0 radical (unpaired) electrons. The van der Waals surface area contributed by atoms with Gasteiger partial charge >= 0.3 is 11.9 Å². The van der Waals surface area contributed by atoms with Gasteiger partial charge in [0, 0.05) is 6.42 Å². The molecule has 0 bridgehead atoms. The summed E-state index contributed by atoms with van der Waals surface area (Å²) in [7, 11) is 0. The SMILES string of the molecule is CCCCCCCC/C=C\CCCCCCCC(=O)Oc1ccc(CC(=O)OCCC(CCC)CCCC)cc1. The second kappa shape index (κ2) is 25.8. The van der Waals surface area contributed by atoms with Crippen LogP contribution in [0.4, 0.5) is 0 Å². The number of benzene rings is 1. The first kappa shape index (κ1) is 35.9. The molecule has 228 valence electrons. The summed E-state index contributed by atoms with van der Waals surface area (Å²) in [5, 5.41) is 0. The number of carbonyl (C=O) groups excluding carboxylic acids is 2. The molecule has 1 aromatic rings. The van der Waals surface area contributed by atoms with Crippen molar-refractivity contribution in [3.63, 3.8) is 0 Å². The van der Waals surface area contributed by atoms with Crippen molar-refractivity contribution in [2.45, 2.75) is 156 Å². The van der Waals surface area contributed by atoms with Crippen LogP contribution in [0, 0.1) is 5.92 Å². The lowest BCUT2D eigenvalue weighted by atomic mass is 9.94. The Morgan fingerprint density at radius 2 is 1.25 bits per heavy atom. The predicted octanol–water partition coefficient (Wildman–Crippen LogP) is 10.7. The lowest BCUT2D eigenvalue weighted by Crippen LogP contribution is -2.12. The molecule has 0 aliphatic carbocycles. The van der Waals surface area contributed by atoms with Gasteiger partial charge in [-0.25, -0.2) is 0 Å². The molecule has 4 heteroatoms. The maximum Gasteiger partial charge on any atom is 0.311 e. The molecule has 1 atom stereocenters. The fourth-order valence-corrected chi connectivity index (χ4v) is 5.09. The van der Waals surface area contributed by atoms with E-state index in [4.69, 9.17) is 9.47 Å². The monoisotopic (exact) mass is 556 g/mol. The van der Waals surface area contributed by atoms with Gasteiger partial charge in [-0.05, 0) is 62.1 Å². The minimum Gasteiger partial charge on any atom is -0.465 e. The third-order valence-corrected chi connectivity index (χ3v) is 7.60. The van der Waals surface area contributed by atoms with E-state index in [1.165, 1.54) is 103 Å². The summed E-state index contributed by atoms with van der Waals surface area (Å²) in [6, 6.07) is 7.21. The van der Waals surface area contributed by atoms with Crippen molar-refractivity contribution >= 4 is 11.9 Å². The molecule has 0 aliphatic rings. The third-order valence-electron chi connectivity index (χ3n) is 7.60. The molecule has 0 heterocycles. The van der Waals surface area contributed by atoms with Crippen molar-refractivity contribution in [2.75, 3.05) is 6.61 Å². The van der Waals surface area contributed by atoms with E-state index in [0.717, 1.165) is 24.8 Å². The van der Waals surface area contributed by atoms with Gasteiger partial charge in [-0.2, -0.15) is 0 Å². The summed E-state index contributed by atoms with van der Waals surface area (Å²) >= 11 is 0. The Kier molecular flexibility index (Phi) is 23.2. The van der Waals surface area contributed by atoms with Crippen LogP contribution in [0.1, 0.15) is 155 Å². The topological polar surface area (TPSA) is 52.6 Å². The van der Waals surface area contributed by atoms with E-state index in [0.29, 0.717) is 24.7 Å². The summed E-state index contributed by atoms with van der Waals surface area (Å²) in [6.45, 7) is 7.19. The lowest BCUT2D eigenvalue weighted by molar-refractivity contribution is -0.143. The zero-order valence-electron chi connectivity index (χ0n) is 26.2. The molecule has 0 saturated heterocycles. The number of unbranched alkanes of at least 4 members (excludes halogenated alkanes) is 12. The van der Waals surface area contributed by atoms with Gasteiger partial charge in [-0.15, -0.1) is 0 Å². The fraction of sp³-hybridized carbons (Fsp3) is 0.722. The molecule has 40 heavy (non-hydrogen) atoms. The first-order chi connectivity index (χ1) is 19.6. The maximum absolute atomic E-state index is 12.2. The average molecular weight is 557 g/mol. The standard InChI is InChI=1S/C36H60O4/c1-4-7-9-10-11-12-13-14-15-16-17-18-19-20-21-24-35(37)40-34-27-25-33(26-28-34)31-36(38)39-30-29-32(22-6-3)23-8-5-2/h14-15,25-28,32H,4-13,16-24,29-31H2,1-3H3/b15-14-. The molecule has 0 spiro atoms. The highest BCUT2D eigenvalue weighted by Crippen LogP contribution is 2.19. The van der Waals surface area contributed by atoms with Crippen LogP contribution < -0.4 is 4.74 Å². The molecular weight excluding hydrogens is 496 g/mol. The number of esters is 2. The predicted molar refractivity (Wildman–Crippen MR) is 169 cm³/mol. The van der Waals surface area contributed by atoms with Gasteiger partial charge in [0.05, 0.1) is 13.0 Å². The minimum atomic E-state index is -0.195. The van der Waals surface area contributed by atoms with E-state index in [1.54, 1.807) is 12.1 Å². The number of carbonyl (C=O) groups is 2. The zero-order valence-corrected chi connectivity index (χ0v) is 26.2. The molecular formula is C36H60O4. The van der Waals surface area contributed by atoms with Crippen LogP contribution >= 0.6 is 0 Å². The number of hydrogen-bond acceptors (Lipinski definition) is 4. The third kappa shape index (κ3) is 20.8. The fourth-order valence-electron chi connectivity index (χ4n) is 5.09. The maximum atomic E-state index is 12.2. The minimum absolute atomic E-state index is 0.186. The summed E-state index contributed by atoms with van der Waals surface area (Å²) < 4.78 is 11.0. The van der Waals surface area contributed by atoms with Crippen LogP contribution in [0.3, 0.4) is 0 Å².